The van der Waals surface area contributed by atoms with Gasteiger partial charge in [0.2, 0.25) is 0 Å². The molecular weight excluding hydrogens is 444 g/mol. The SMILES string of the molecule is O=C(O)COc1cccc(CN(CCCc2ccccc2)C(=O)c2ccc(OC(F)F)cc2)c1. The number of aliphatic carboxylic acids is 1. The smallest absolute Gasteiger partial charge is 0.387 e. The number of aryl methyl sites for hydroxylation is 1. The Morgan fingerprint density at radius 3 is 2.26 bits per heavy atom. The summed E-state index contributed by atoms with van der Waals surface area (Å²) in [7, 11) is 0. The molecule has 0 unspecified atom stereocenters. The molecule has 0 aliphatic carbocycles. The van der Waals surface area contributed by atoms with Crippen molar-refractivity contribution >= 4 is 11.9 Å². The molecule has 0 radical (unpaired) electrons. The van der Waals surface area contributed by atoms with Crippen LogP contribution in [-0.2, 0) is 17.8 Å². The van der Waals surface area contributed by atoms with Gasteiger partial charge in [-0.1, -0.05) is 42.5 Å². The van der Waals surface area contributed by atoms with Crippen molar-refractivity contribution in [3.63, 3.8) is 0 Å². The molecule has 34 heavy (non-hydrogen) atoms. The fraction of sp³-hybridized carbons (Fsp3) is 0.231. The molecule has 0 fully saturated rings. The van der Waals surface area contributed by atoms with E-state index in [2.05, 4.69) is 4.74 Å². The number of rotatable bonds is 12. The van der Waals surface area contributed by atoms with Gasteiger partial charge < -0.3 is 19.5 Å². The molecule has 0 aliphatic heterocycles. The molecule has 0 spiro atoms. The van der Waals surface area contributed by atoms with E-state index in [4.69, 9.17) is 9.84 Å². The summed E-state index contributed by atoms with van der Waals surface area (Å²) in [4.78, 5) is 25.7. The topological polar surface area (TPSA) is 76.1 Å². The third kappa shape index (κ3) is 7.88. The van der Waals surface area contributed by atoms with Crippen LogP contribution >= 0.6 is 0 Å². The maximum atomic E-state index is 13.3. The lowest BCUT2D eigenvalue weighted by atomic mass is 10.1. The first-order valence-electron chi connectivity index (χ1n) is 10.7. The standard InChI is InChI=1S/C26H25F2NO5/c27-26(28)34-22-13-11-21(12-14-22)25(32)29(15-5-9-19-6-2-1-3-7-19)17-20-8-4-10-23(16-20)33-18-24(30)31/h1-4,6-8,10-14,16,26H,5,9,15,17-18H2,(H,30,31). The van der Waals surface area contributed by atoms with E-state index in [0.29, 0.717) is 17.9 Å². The Labute approximate surface area is 196 Å². The second-order valence-electron chi connectivity index (χ2n) is 7.55. The summed E-state index contributed by atoms with van der Waals surface area (Å²) in [5.74, 6) is -0.966. The fourth-order valence-electron chi connectivity index (χ4n) is 3.43. The van der Waals surface area contributed by atoms with Crippen LogP contribution in [0.25, 0.3) is 0 Å². The van der Waals surface area contributed by atoms with E-state index < -0.39 is 19.2 Å². The number of carboxylic acids is 1. The van der Waals surface area contributed by atoms with Crippen molar-refractivity contribution in [3.05, 3.63) is 95.6 Å². The van der Waals surface area contributed by atoms with E-state index in [0.717, 1.165) is 24.0 Å². The molecular formula is C26H25F2NO5. The summed E-state index contributed by atoms with van der Waals surface area (Å²) in [6, 6.07) is 22.4. The number of amides is 1. The number of halogens is 2. The maximum absolute atomic E-state index is 13.3. The van der Waals surface area contributed by atoms with Crippen LogP contribution in [0.1, 0.15) is 27.9 Å². The van der Waals surface area contributed by atoms with Crippen LogP contribution in [0.2, 0.25) is 0 Å². The van der Waals surface area contributed by atoms with Gasteiger partial charge in [0, 0.05) is 18.7 Å². The molecule has 0 heterocycles. The van der Waals surface area contributed by atoms with E-state index in [1.165, 1.54) is 24.3 Å². The Morgan fingerprint density at radius 1 is 0.882 bits per heavy atom. The van der Waals surface area contributed by atoms with Crippen LogP contribution in [0.15, 0.2) is 78.9 Å². The number of carboxylic acid groups (broad SMARTS) is 1. The molecule has 1 N–H and O–H groups in total. The van der Waals surface area contributed by atoms with Crippen molar-refractivity contribution in [1.82, 2.24) is 4.90 Å². The van der Waals surface area contributed by atoms with Gasteiger partial charge in [-0.05, 0) is 60.4 Å². The van der Waals surface area contributed by atoms with E-state index in [-0.39, 0.29) is 18.2 Å². The number of alkyl halides is 2. The van der Waals surface area contributed by atoms with E-state index in [1.54, 1.807) is 23.1 Å². The van der Waals surface area contributed by atoms with Crippen molar-refractivity contribution in [3.8, 4) is 11.5 Å². The number of hydrogen-bond donors (Lipinski definition) is 1. The van der Waals surface area contributed by atoms with Crippen LogP contribution in [0.4, 0.5) is 8.78 Å². The average molecular weight is 469 g/mol. The zero-order chi connectivity index (χ0) is 24.3. The second kappa shape index (κ2) is 12.3. The zero-order valence-electron chi connectivity index (χ0n) is 18.4. The summed E-state index contributed by atoms with van der Waals surface area (Å²) in [5.41, 5.74) is 2.28. The van der Waals surface area contributed by atoms with Gasteiger partial charge in [-0.15, -0.1) is 0 Å². The van der Waals surface area contributed by atoms with Crippen LogP contribution in [0.5, 0.6) is 11.5 Å². The lowest BCUT2D eigenvalue weighted by molar-refractivity contribution is -0.139. The van der Waals surface area contributed by atoms with Crippen LogP contribution in [-0.4, -0.2) is 41.6 Å². The first kappa shape index (κ1) is 24.7. The van der Waals surface area contributed by atoms with Gasteiger partial charge in [-0.25, -0.2) is 4.79 Å². The van der Waals surface area contributed by atoms with Gasteiger partial charge >= 0.3 is 12.6 Å². The maximum Gasteiger partial charge on any atom is 0.387 e. The summed E-state index contributed by atoms with van der Waals surface area (Å²) in [6.45, 7) is -2.67. The molecule has 8 heteroatoms. The predicted molar refractivity (Wildman–Crippen MR) is 122 cm³/mol. The largest absolute Gasteiger partial charge is 0.482 e. The van der Waals surface area contributed by atoms with Crippen molar-refractivity contribution in [2.45, 2.75) is 26.0 Å². The highest BCUT2D eigenvalue weighted by Crippen LogP contribution is 2.20. The molecule has 0 aliphatic rings. The molecule has 3 rings (SSSR count). The number of carbonyl (C=O) groups excluding carboxylic acids is 1. The molecule has 3 aromatic rings. The Bertz CT molecular complexity index is 1070. The number of hydrogen-bond acceptors (Lipinski definition) is 4. The second-order valence-corrected chi connectivity index (χ2v) is 7.55. The van der Waals surface area contributed by atoms with Gasteiger partial charge in [-0.2, -0.15) is 8.78 Å². The molecule has 0 saturated heterocycles. The number of nitrogens with zero attached hydrogens (tertiary/aromatic N) is 1. The van der Waals surface area contributed by atoms with Crippen LogP contribution in [0, 0.1) is 0 Å². The summed E-state index contributed by atoms with van der Waals surface area (Å²) in [6.07, 6.45) is 1.51. The van der Waals surface area contributed by atoms with Crippen LogP contribution in [0.3, 0.4) is 0 Å². The van der Waals surface area contributed by atoms with Crippen molar-refractivity contribution in [2.24, 2.45) is 0 Å². The highest BCUT2D eigenvalue weighted by Gasteiger charge is 2.17. The van der Waals surface area contributed by atoms with Gasteiger partial charge in [0.05, 0.1) is 0 Å². The minimum absolute atomic E-state index is 0.0227. The lowest BCUT2D eigenvalue weighted by Gasteiger charge is -2.23. The molecule has 1 amide bonds. The summed E-state index contributed by atoms with van der Waals surface area (Å²) >= 11 is 0. The van der Waals surface area contributed by atoms with E-state index in [1.807, 2.05) is 36.4 Å². The fourth-order valence-corrected chi connectivity index (χ4v) is 3.43. The molecule has 3 aromatic carbocycles. The Kier molecular flexibility index (Phi) is 8.96. The highest BCUT2D eigenvalue weighted by atomic mass is 19.3. The Balaban J connectivity index is 1.74. The van der Waals surface area contributed by atoms with E-state index >= 15 is 0 Å². The minimum Gasteiger partial charge on any atom is -0.482 e. The number of ether oxygens (including phenoxy) is 2. The molecule has 6 nitrogen and oxygen atoms in total. The quantitative estimate of drug-likeness (QED) is 0.403. The van der Waals surface area contributed by atoms with E-state index in [9.17, 15) is 18.4 Å². The third-order valence-corrected chi connectivity index (χ3v) is 4.98. The van der Waals surface area contributed by atoms with Gasteiger partial charge in [-0.3, -0.25) is 4.79 Å². The van der Waals surface area contributed by atoms with Crippen molar-refractivity contribution < 1.29 is 33.0 Å². The third-order valence-electron chi connectivity index (χ3n) is 4.98. The molecule has 0 aromatic heterocycles. The number of carbonyl (C=O) groups is 2. The summed E-state index contributed by atoms with van der Waals surface area (Å²) < 4.78 is 34.4. The lowest BCUT2D eigenvalue weighted by Crippen LogP contribution is -2.31. The van der Waals surface area contributed by atoms with Crippen molar-refractivity contribution in [1.29, 1.82) is 0 Å². The molecule has 0 saturated carbocycles. The number of benzene rings is 3. The first-order valence-corrected chi connectivity index (χ1v) is 10.7. The first-order chi connectivity index (χ1) is 16.4. The average Bonchev–Trinajstić information content (AvgIpc) is 2.83. The molecule has 0 atom stereocenters. The normalized spacial score (nSPS) is 10.7. The Hall–Kier alpha value is -3.94. The van der Waals surface area contributed by atoms with Gasteiger partial charge in [0.25, 0.3) is 5.91 Å². The van der Waals surface area contributed by atoms with Gasteiger partial charge in [0.1, 0.15) is 11.5 Å². The highest BCUT2D eigenvalue weighted by molar-refractivity contribution is 5.94. The van der Waals surface area contributed by atoms with Crippen LogP contribution < -0.4 is 9.47 Å². The predicted octanol–water partition coefficient (Wildman–Crippen LogP) is 5.03. The monoisotopic (exact) mass is 469 g/mol. The van der Waals surface area contributed by atoms with Gasteiger partial charge in [0.15, 0.2) is 6.61 Å². The Morgan fingerprint density at radius 2 is 1.59 bits per heavy atom. The minimum atomic E-state index is -2.94. The zero-order valence-corrected chi connectivity index (χ0v) is 18.4. The molecule has 178 valence electrons. The molecule has 0 bridgehead atoms. The summed E-state index contributed by atoms with van der Waals surface area (Å²) in [5, 5.41) is 8.82. The van der Waals surface area contributed by atoms with Crippen molar-refractivity contribution in [2.75, 3.05) is 13.2 Å².